The van der Waals surface area contributed by atoms with Crippen LogP contribution in [0.3, 0.4) is 0 Å². The first-order valence-electron chi connectivity index (χ1n) is 7.62. The van der Waals surface area contributed by atoms with Gasteiger partial charge >= 0.3 is 0 Å². The van der Waals surface area contributed by atoms with E-state index in [1.165, 1.54) is 16.7 Å². The molecule has 0 fully saturated rings. The van der Waals surface area contributed by atoms with Crippen molar-refractivity contribution in [1.29, 1.82) is 0 Å². The van der Waals surface area contributed by atoms with E-state index in [0.29, 0.717) is 0 Å². The molecular formula is C18H21NO2. The molecule has 0 amide bonds. The van der Waals surface area contributed by atoms with E-state index in [1.54, 1.807) is 14.2 Å². The smallest absolute Gasteiger partial charge is 0.119 e. The number of hydrogen-bond acceptors (Lipinski definition) is 3. The van der Waals surface area contributed by atoms with Crippen LogP contribution in [0.1, 0.15) is 17.5 Å². The molecule has 0 bridgehead atoms. The van der Waals surface area contributed by atoms with Crippen molar-refractivity contribution in [2.45, 2.75) is 24.5 Å². The summed E-state index contributed by atoms with van der Waals surface area (Å²) < 4.78 is 11.1. The van der Waals surface area contributed by atoms with Crippen molar-refractivity contribution >= 4 is 0 Å². The standard InChI is InChI=1S/C18H21NO2/c1-20-15-5-3-13-7-9-19-10-8-14-4-6-16(21-2)12-18(14,19)17(13)11-15/h3-6,8,11,16H,7,9-10,12H2,1-2H3/t16?,18-/m1/s1. The maximum absolute atomic E-state index is 5.64. The van der Waals surface area contributed by atoms with Crippen LogP contribution in [-0.4, -0.2) is 38.3 Å². The predicted octanol–water partition coefficient (Wildman–Crippen LogP) is 2.66. The Balaban J connectivity index is 1.90. The molecule has 2 heterocycles. The van der Waals surface area contributed by atoms with Crippen molar-refractivity contribution in [2.75, 3.05) is 27.3 Å². The third kappa shape index (κ3) is 1.74. The fraction of sp³-hybridized carbons (Fsp3) is 0.444. The summed E-state index contributed by atoms with van der Waals surface area (Å²) in [5, 5.41) is 0. The topological polar surface area (TPSA) is 21.7 Å². The van der Waals surface area contributed by atoms with Crippen molar-refractivity contribution in [3.8, 4) is 5.75 Å². The first-order chi connectivity index (χ1) is 10.3. The summed E-state index contributed by atoms with van der Waals surface area (Å²) in [5.41, 5.74) is 4.26. The molecule has 1 unspecified atom stereocenters. The van der Waals surface area contributed by atoms with Gasteiger partial charge in [0, 0.05) is 26.6 Å². The lowest BCUT2D eigenvalue weighted by Gasteiger charge is -2.48. The minimum Gasteiger partial charge on any atom is -0.497 e. The van der Waals surface area contributed by atoms with E-state index in [-0.39, 0.29) is 11.6 Å². The van der Waals surface area contributed by atoms with Gasteiger partial charge in [0.05, 0.1) is 18.8 Å². The average molecular weight is 283 g/mol. The molecule has 0 saturated heterocycles. The highest BCUT2D eigenvalue weighted by Crippen LogP contribution is 2.51. The van der Waals surface area contributed by atoms with Gasteiger partial charge in [0.1, 0.15) is 5.75 Å². The molecule has 1 aliphatic carbocycles. The van der Waals surface area contributed by atoms with Gasteiger partial charge in [-0.15, -0.1) is 0 Å². The van der Waals surface area contributed by atoms with Crippen molar-refractivity contribution in [3.63, 3.8) is 0 Å². The largest absolute Gasteiger partial charge is 0.497 e. The van der Waals surface area contributed by atoms with Crippen molar-refractivity contribution in [1.82, 2.24) is 4.90 Å². The zero-order valence-electron chi connectivity index (χ0n) is 12.6. The lowest BCUT2D eigenvalue weighted by molar-refractivity contribution is 0.0514. The Morgan fingerprint density at radius 2 is 2.19 bits per heavy atom. The maximum atomic E-state index is 5.64. The van der Waals surface area contributed by atoms with Crippen LogP contribution in [0.15, 0.2) is 42.0 Å². The molecule has 4 rings (SSSR count). The van der Waals surface area contributed by atoms with Gasteiger partial charge in [-0.2, -0.15) is 0 Å². The molecule has 2 aliphatic heterocycles. The molecule has 3 heteroatoms. The van der Waals surface area contributed by atoms with Crippen LogP contribution >= 0.6 is 0 Å². The highest BCUT2D eigenvalue weighted by molar-refractivity contribution is 5.53. The van der Waals surface area contributed by atoms with Crippen LogP contribution in [0.4, 0.5) is 0 Å². The third-order valence-electron chi connectivity index (χ3n) is 5.25. The van der Waals surface area contributed by atoms with Crippen LogP contribution in [0.2, 0.25) is 0 Å². The Kier molecular flexibility index (Phi) is 2.95. The Morgan fingerprint density at radius 1 is 1.29 bits per heavy atom. The van der Waals surface area contributed by atoms with Crippen molar-refractivity contribution in [2.24, 2.45) is 0 Å². The first kappa shape index (κ1) is 13.1. The van der Waals surface area contributed by atoms with Crippen LogP contribution < -0.4 is 4.74 Å². The number of fused-ring (bicyclic) bond motifs is 1. The second-order valence-corrected chi connectivity index (χ2v) is 6.08. The second-order valence-electron chi connectivity index (χ2n) is 6.08. The summed E-state index contributed by atoms with van der Waals surface area (Å²) >= 11 is 0. The number of methoxy groups -OCH3 is 2. The first-order valence-corrected chi connectivity index (χ1v) is 7.62. The Morgan fingerprint density at radius 3 is 3.00 bits per heavy atom. The van der Waals surface area contributed by atoms with Crippen LogP contribution in [0.5, 0.6) is 5.75 Å². The minimum absolute atomic E-state index is 0.0163. The molecule has 3 nitrogen and oxygen atoms in total. The quantitative estimate of drug-likeness (QED) is 0.833. The number of hydrogen-bond donors (Lipinski definition) is 0. The van der Waals surface area contributed by atoms with Crippen molar-refractivity contribution in [3.05, 3.63) is 53.1 Å². The molecule has 1 aromatic carbocycles. The van der Waals surface area contributed by atoms with Gasteiger partial charge in [0.15, 0.2) is 0 Å². The van der Waals surface area contributed by atoms with Gasteiger partial charge in [0.25, 0.3) is 0 Å². The van der Waals surface area contributed by atoms with Crippen molar-refractivity contribution < 1.29 is 9.47 Å². The average Bonchev–Trinajstić information content (AvgIpc) is 2.93. The lowest BCUT2D eigenvalue weighted by Crippen LogP contribution is -2.51. The molecule has 0 N–H and O–H groups in total. The van der Waals surface area contributed by atoms with Gasteiger partial charge in [-0.3, -0.25) is 4.90 Å². The van der Waals surface area contributed by atoms with E-state index < -0.39 is 0 Å². The van der Waals surface area contributed by atoms with E-state index in [1.807, 2.05) is 0 Å². The summed E-state index contributed by atoms with van der Waals surface area (Å²) in [7, 11) is 3.54. The van der Waals surface area contributed by atoms with E-state index >= 15 is 0 Å². The number of benzene rings is 1. The normalized spacial score (nSPS) is 30.4. The summed E-state index contributed by atoms with van der Waals surface area (Å²) in [4.78, 5) is 2.60. The Hall–Kier alpha value is -1.58. The highest BCUT2D eigenvalue weighted by Gasteiger charge is 2.49. The van der Waals surface area contributed by atoms with Gasteiger partial charge in [-0.1, -0.05) is 24.3 Å². The molecule has 1 spiro atoms. The van der Waals surface area contributed by atoms with Gasteiger partial charge in [0.2, 0.25) is 0 Å². The molecule has 2 atom stereocenters. The van der Waals surface area contributed by atoms with Gasteiger partial charge in [-0.25, -0.2) is 0 Å². The van der Waals surface area contributed by atoms with E-state index in [2.05, 4.69) is 41.3 Å². The molecule has 21 heavy (non-hydrogen) atoms. The molecule has 0 aromatic heterocycles. The SMILES string of the molecule is COc1ccc2c(c1)[C@@]13CC(OC)C=CC1=CCN3CC2. The molecule has 110 valence electrons. The van der Waals surface area contributed by atoms with Crippen LogP contribution in [-0.2, 0) is 16.7 Å². The Bertz CT molecular complexity index is 634. The summed E-state index contributed by atoms with van der Waals surface area (Å²) in [6.45, 7) is 2.15. The van der Waals surface area contributed by atoms with E-state index in [0.717, 1.165) is 31.7 Å². The third-order valence-corrected chi connectivity index (χ3v) is 5.25. The number of nitrogens with zero attached hydrogens (tertiary/aromatic N) is 1. The predicted molar refractivity (Wildman–Crippen MR) is 82.6 cm³/mol. The molecule has 0 saturated carbocycles. The summed E-state index contributed by atoms with van der Waals surface area (Å²) in [5.74, 6) is 0.944. The van der Waals surface area contributed by atoms with E-state index in [4.69, 9.17) is 9.47 Å². The summed E-state index contributed by atoms with van der Waals surface area (Å²) in [6.07, 6.45) is 9.10. The van der Waals surface area contributed by atoms with Gasteiger partial charge < -0.3 is 9.47 Å². The fourth-order valence-corrected chi connectivity index (χ4v) is 4.16. The minimum atomic E-state index is -0.0163. The maximum Gasteiger partial charge on any atom is 0.119 e. The van der Waals surface area contributed by atoms with Crippen LogP contribution in [0.25, 0.3) is 0 Å². The Labute approximate surface area is 125 Å². The van der Waals surface area contributed by atoms with Crippen LogP contribution in [0, 0.1) is 0 Å². The van der Waals surface area contributed by atoms with Gasteiger partial charge in [-0.05, 0) is 35.3 Å². The molecule has 3 aliphatic rings. The summed E-state index contributed by atoms with van der Waals surface area (Å²) in [6, 6.07) is 6.54. The monoisotopic (exact) mass is 283 g/mol. The lowest BCUT2D eigenvalue weighted by atomic mass is 9.71. The molecular weight excluding hydrogens is 262 g/mol. The fourth-order valence-electron chi connectivity index (χ4n) is 4.16. The zero-order chi connectivity index (χ0) is 14.4. The second kappa shape index (κ2) is 4.72. The molecule has 1 aromatic rings. The zero-order valence-corrected chi connectivity index (χ0v) is 12.6. The molecule has 0 radical (unpaired) electrons. The van der Waals surface area contributed by atoms with E-state index in [9.17, 15) is 0 Å². The number of rotatable bonds is 2. The highest BCUT2D eigenvalue weighted by atomic mass is 16.5. The number of ether oxygens (including phenoxy) is 2.